The summed E-state index contributed by atoms with van der Waals surface area (Å²) in [5.74, 6) is -0.0737. The van der Waals surface area contributed by atoms with Crippen molar-refractivity contribution in [1.82, 2.24) is 15.3 Å². The Kier molecular flexibility index (Phi) is 6.70. The summed E-state index contributed by atoms with van der Waals surface area (Å²) in [6, 6.07) is 4.83. The number of pyridine rings is 2. The number of hydrogen-bond donors (Lipinski definition) is 2. The van der Waals surface area contributed by atoms with E-state index in [1.54, 1.807) is 18.2 Å². The van der Waals surface area contributed by atoms with E-state index in [9.17, 15) is 9.59 Å². The summed E-state index contributed by atoms with van der Waals surface area (Å²) in [4.78, 5) is 32.1. The molecule has 0 atom stereocenters. The lowest BCUT2D eigenvalue weighted by atomic mass is 9.86. The monoisotopic (exact) mass is 422 g/mol. The van der Waals surface area contributed by atoms with Crippen LogP contribution in [0.15, 0.2) is 30.6 Å². The second-order valence-corrected chi connectivity index (χ2v) is 7.38. The number of amides is 2. The fourth-order valence-electron chi connectivity index (χ4n) is 3.06. The summed E-state index contributed by atoms with van der Waals surface area (Å²) in [6.45, 7) is 0. The second-order valence-electron chi connectivity index (χ2n) is 6.53. The van der Waals surface area contributed by atoms with Gasteiger partial charge < -0.3 is 15.4 Å². The van der Waals surface area contributed by atoms with Gasteiger partial charge in [-0.15, -0.1) is 0 Å². The molecule has 0 saturated heterocycles. The van der Waals surface area contributed by atoms with Crippen LogP contribution in [0, 0.1) is 5.92 Å². The zero-order valence-corrected chi connectivity index (χ0v) is 16.8. The molecule has 2 heterocycles. The minimum Gasteiger partial charge on any atom is -0.473 e. The Morgan fingerprint density at radius 2 is 1.86 bits per heavy atom. The lowest BCUT2D eigenvalue weighted by molar-refractivity contribution is -0.121. The molecule has 9 heteroatoms. The zero-order valence-electron chi connectivity index (χ0n) is 15.2. The van der Waals surface area contributed by atoms with Gasteiger partial charge in [-0.05, 0) is 43.9 Å². The molecule has 7 nitrogen and oxygen atoms in total. The van der Waals surface area contributed by atoms with Crippen molar-refractivity contribution in [2.45, 2.75) is 31.8 Å². The maximum Gasteiger partial charge on any atom is 0.269 e. The van der Waals surface area contributed by atoms with Crippen molar-refractivity contribution >= 4 is 40.7 Å². The van der Waals surface area contributed by atoms with E-state index in [4.69, 9.17) is 27.9 Å². The SMILES string of the molecule is CNC(=O)c1ccc(NC(=O)C2CCC(Oc3ncc(Cl)cc3Cl)CC2)cn1. The molecule has 1 aliphatic carbocycles. The Morgan fingerprint density at radius 1 is 1.11 bits per heavy atom. The van der Waals surface area contributed by atoms with E-state index in [1.165, 1.54) is 19.4 Å². The van der Waals surface area contributed by atoms with Gasteiger partial charge in [-0.1, -0.05) is 23.2 Å². The van der Waals surface area contributed by atoms with E-state index in [0.717, 1.165) is 12.8 Å². The molecule has 1 fully saturated rings. The van der Waals surface area contributed by atoms with E-state index >= 15 is 0 Å². The van der Waals surface area contributed by atoms with E-state index in [-0.39, 0.29) is 23.8 Å². The molecule has 1 aliphatic rings. The summed E-state index contributed by atoms with van der Waals surface area (Å²) in [5, 5.41) is 6.18. The number of nitrogens with zero attached hydrogens (tertiary/aromatic N) is 2. The Balaban J connectivity index is 1.50. The van der Waals surface area contributed by atoms with E-state index in [2.05, 4.69) is 20.6 Å². The molecule has 2 aromatic rings. The second kappa shape index (κ2) is 9.21. The van der Waals surface area contributed by atoms with Crippen LogP contribution >= 0.6 is 23.2 Å². The number of halogens is 2. The standard InChI is InChI=1S/C19H20Cl2N4O3/c1-22-18(27)16-7-4-13(10-23-16)25-17(26)11-2-5-14(6-3-11)28-19-15(21)8-12(20)9-24-19/h4,7-11,14H,2-3,5-6H2,1H3,(H,22,27)(H,25,26). The van der Waals surface area contributed by atoms with Crippen molar-refractivity contribution in [1.29, 1.82) is 0 Å². The van der Waals surface area contributed by atoms with Crippen LogP contribution in [0.25, 0.3) is 0 Å². The highest BCUT2D eigenvalue weighted by atomic mass is 35.5. The van der Waals surface area contributed by atoms with Gasteiger partial charge in [0, 0.05) is 19.2 Å². The molecule has 3 rings (SSSR count). The van der Waals surface area contributed by atoms with E-state index in [0.29, 0.717) is 40.1 Å². The molecule has 0 bridgehead atoms. The third-order valence-electron chi connectivity index (χ3n) is 4.59. The van der Waals surface area contributed by atoms with Crippen LogP contribution in [-0.2, 0) is 4.79 Å². The quantitative estimate of drug-likeness (QED) is 0.765. The minimum atomic E-state index is -0.272. The molecule has 0 radical (unpaired) electrons. The summed E-state index contributed by atoms with van der Waals surface area (Å²) in [7, 11) is 1.54. The lowest BCUT2D eigenvalue weighted by Gasteiger charge is -2.28. The van der Waals surface area contributed by atoms with Gasteiger partial charge in [0.25, 0.3) is 5.91 Å². The summed E-state index contributed by atoms with van der Waals surface area (Å²) in [5.41, 5.74) is 0.862. The number of carbonyl (C=O) groups excluding carboxylic acids is 2. The van der Waals surface area contributed by atoms with Crippen LogP contribution in [0.3, 0.4) is 0 Å². The molecule has 28 heavy (non-hydrogen) atoms. The fraction of sp³-hybridized carbons (Fsp3) is 0.368. The van der Waals surface area contributed by atoms with Crippen LogP contribution in [-0.4, -0.2) is 34.9 Å². The Hall–Kier alpha value is -2.38. The van der Waals surface area contributed by atoms with Gasteiger partial charge in [0.05, 0.1) is 16.9 Å². The van der Waals surface area contributed by atoms with Crippen molar-refractivity contribution in [3.63, 3.8) is 0 Å². The van der Waals surface area contributed by atoms with Gasteiger partial charge in [-0.2, -0.15) is 0 Å². The topological polar surface area (TPSA) is 93.2 Å². The van der Waals surface area contributed by atoms with Crippen molar-refractivity contribution in [2.75, 3.05) is 12.4 Å². The third-order valence-corrected chi connectivity index (χ3v) is 5.07. The van der Waals surface area contributed by atoms with Crippen molar-refractivity contribution < 1.29 is 14.3 Å². The Labute approximate surface area is 172 Å². The van der Waals surface area contributed by atoms with Crippen molar-refractivity contribution in [2.24, 2.45) is 5.92 Å². The molecule has 1 saturated carbocycles. The average Bonchev–Trinajstić information content (AvgIpc) is 2.70. The molecular formula is C19H20Cl2N4O3. The van der Waals surface area contributed by atoms with Gasteiger partial charge in [0.15, 0.2) is 0 Å². The number of hydrogen-bond acceptors (Lipinski definition) is 5. The molecule has 2 amide bonds. The maximum atomic E-state index is 12.5. The number of carbonyl (C=O) groups is 2. The lowest BCUT2D eigenvalue weighted by Crippen LogP contribution is -2.31. The molecule has 2 N–H and O–H groups in total. The van der Waals surface area contributed by atoms with Crippen LogP contribution in [0.1, 0.15) is 36.2 Å². The predicted molar refractivity (Wildman–Crippen MR) is 107 cm³/mol. The Morgan fingerprint density at radius 3 is 2.46 bits per heavy atom. The third kappa shape index (κ3) is 5.11. The van der Waals surface area contributed by atoms with Gasteiger partial charge in [-0.25, -0.2) is 9.97 Å². The number of aromatic nitrogens is 2. The fourth-order valence-corrected chi connectivity index (χ4v) is 3.49. The molecule has 148 valence electrons. The van der Waals surface area contributed by atoms with Crippen LogP contribution in [0.2, 0.25) is 10.0 Å². The largest absolute Gasteiger partial charge is 0.473 e. The summed E-state index contributed by atoms with van der Waals surface area (Å²) >= 11 is 11.9. The predicted octanol–water partition coefficient (Wildman–Crippen LogP) is 3.72. The first-order chi connectivity index (χ1) is 13.5. The first-order valence-corrected chi connectivity index (χ1v) is 9.68. The molecule has 0 spiro atoms. The molecular weight excluding hydrogens is 403 g/mol. The van der Waals surface area contributed by atoms with Gasteiger partial charge in [-0.3, -0.25) is 9.59 Å². The summed E-state index contributed by atoms with van der Waals surface area (Å²) in [6.07, 6.45) is 5.79. The molecule has 2 aromatic heterocycles. The van der Waals surface area contributed by atoms with E-state index in [1.807, 2.05) is 0 Å². The molecule has 0 unspecified atom stereocenters. The molecule has 0 aromatic carbocycles. The number of ether oxygens (including phenoxy) is 1. The van der Waals surface area contributed by atoms with Gasteiger partial charge in [0.1, 0.15) is 16.8 Å². The maximum absolute atomic E-state index is 12.5. The van der Waals surface area contributed by atoms with Crippen molar-refractivity contribution in [3.8, 4) is 5.88 Å². The highest BCUT2D eigenvalue weighted by Crippen LogP contribution is 2.31. The zero-order chi connectivity index (χ0) is 20.1. The van der Waals surface area contributed by atoms with Crippen LogP contribution in [0.5, 0.6) is 5.88 Å². The van der Waals surface area contributed by atoms with Crippen LogP contribution in [0.4, 0.5) is 5.69 Å². The number of nitrogens with one attached hydrogen (secondary N) is 2. The molecule has 0 aliphatic heterocycles. The normalized spacial score (nSPS) is 19.0. The minimum absolute atomic E-state index is 0.0382. The number of rotatable bonds is 5. The summed E-state index contributed by atoms with van der Waals surface area (Å²) < 4.78 is 5.85. The van der Waals surface area contributed by atoms with Gasteiger partial charge >= 0.3 is 0 Å². The van der Waals surface area contributed by atoms with Gasteiger partial charge in [0.2, 0.25) is 11.8 Å². The first-order valence-electron chi connectivity index (χ1n) is 8.93. The number of anilines is 1. The highest BCUT2D eigenvalue weighted by Gasteiger charge is 2.28. The Bertz CT molecular complexity index is 853. The highest BCUT2D eigenvalue weighted by molar-refractivity contribution is 6.35. The van der Waals surface area contributed by atoms with E-state index < -0.39 is 0 Å². The van der Waals surface area contributed by atoms with Crippen molar-refractivity contribution in [3.05, 3.63) is 46.3 Å². The smallest absolute Gasteiger partial charge is 0.269 e. The van der Waals surface area contributed by atoms with Crippen LogP contribution < -0.4 is 15.4 Å². The average molecular weight is 423 g/mol. The first kappa shape index (κ1) is 20.4.